The van der Waals surface area contributed by atoms with Crippen LogP contribution in [0.5, 0.6) is 5.75 Å². The van der Waals surface area contributed by atoms with Crippen molar-refractivity contribution >= 4 is 23.0 Å². The highest BCUT2D eigenvalue weighted by Crippen LogP contribution is 2.28. The van der Waals surface area contributed by atoms with E-state index < -0.39 is 11.6 Å². The molecule has 0 bridgehead atoms. The number of anilines is 4. The van der Waals surface area contributed by atoms with Gasteiger partial charge in [0.15, 0.2) is 11.6 Å². The molecule has 0 fully saturated rings. The largest absolute Gasteiger partial charge is 0.492 e. The number of para-hydroxylation sites is 2. The highest BCUT2D eigenvalue weighted by molar-refractivity contribution is 5.67. The molecule has 7 heteroatoms. The molecule has 134 valence electrons. The normalized spacial score (nSPS) is 10.5. The van der Waals surface area contributed by atoms with E-state index in [1.54, 1.807) is 13.0 Å². The predicted octanol–water partition coefficient (Wildman–Crippen LogP) is 4.95. The minimum atomic E-state index is -0.926. The Balaban J connectivity index is 1.85. The average Bonchev–Trinajstić information content (AvgIpc) is 2.60. The van der Waals surface area contributed by atoms with Gasteiger partial charge in [0.2, 0.25) is 0 Å². The second-order valence-corrected chi connectivity index (χ2v) is 5.49. The average molecular weight is 356 g/mol. The number of nitrogens with one attached hydrogen (secondary N) is 2. The molecule has 0 unspecified atom stereocenters. The summed E-state index contributed by atoms with van der Waals surface area (Å²) in [6, 6.07) is 12.8. The van der Waals surface area contributed by atoms with Gasteiger partial charge in [-0.1, -0.05) is 12.1 Å². The van der Waals surface area contributed by atoms with Crippen molar-refractivity contribution in [2.24, 2.45) is 0 Å². The molecule has 0 atom stereocenters. The summed E-state index contributed by atoms with van der Waals surface area (Å²) in [6.07, 6.45) is 0. The molecule has 1 heterocycles. The third-order valence-corrected chi connectivity index (χ3v) is 3.48. The van der Waals surface area contributed by atoms with Crippen molar-refractivity contribution in [1.29, 1.82) is 0 Å². The van der Waals surface area contributed by atoms with Crippen molar-refractivity contribution < 1.29 is 13.5 Å². The van der Waals surface area contributed by atoms with Crippen LogP contribution in [0.15, 0.2) is 48.5 Å². The number of aryl methyl sites for hydroxylation is 1. The van der Waals surface area contributed by atoms with Gasteiger partial charge in [0.05, 0.1) is 12.3 Å². The third kappa shape index (κ3) is 4.24. The van der Waals surface area contributed by atoms with Gasteiger partial charge in [0.25, 0.3) is 0 Å². The number of aromatic nitrogens is 2. The molecule has 2 N–H and O–H groups in total. The van der Waals surface area contributed by atoms with E-state index in [0.717, 1.165) is 17.8 Å². The Morgan fingerprint density at radius 2 is 1.65 bits per heavy atom. The van der Waals surface area contributed by atoms with Crippen LogP contribution < -0.4 is 15.4 Å². The van der Waals surface area contributed by atoms with E-state index >= 15 is 0 Å². The van der Waals surface area contributed by atoms with E-state index in [1.165, 1.54) is 6.07 Å². The summed E-state index contributed by atoms with van der Waals surface area (Å²) >= 11 is 0. The minimum absolute atomic E-state index is 0.391. The monoisotopic (exact) mass is 356 g/mol. The van der Waals surface area contributed by atoms with E-state index in [-0.39, 0.29) is 0 Å². The second-order valence-electron chi connectivity index (χ2n) is 5.49. The van der Waals surface area contributed by atoms with Crippen LogP contribution in [0.1, 0.15) is 12.7 Å². The van der Waals surface area contributed by atoms with Crippen LogP contribution in [0.3, 0.4) is 0 Å². The minimum Gasteiger partial charge on any atom is -0.492 e. The van der Waals surface area contributed by atoms with Gasteiger partial charge in [0, 0.05) is 17.8 Å². The molecule has 26 heavy (non-hydrogen) atoms. The molecule has 0 saturated carbocycles. The lowest BCUT2D eigenvalue weighted by Gasteiger charge is -2.13. The van der Waals surface area contributed by atoms with Gasteiger partial charge in [-0.15, -0.1) is 0 Å². The molecule has 2 aromatic carbocycles. The smallest absolute Gasteiger partial charge is 0.160 e. The van der Waals surface area contributed by atoms with Gasteiger partial charge in [-0.05, 0) is 38.1 Å². The summed E-state index contributed by atoms with van der Waals surface area (Å²) in [5, 5.41) is 6.14. The van der Waals surface area contributed by atoms with Crippen molar-refractivity contribution in [3.05, 3.63) is 66.0 Å². The maximum atomic E-state index is 13.4. The number of nitrogens with zero attached hydrogens (tertiary/aromatic N) is 2. The number of hydrogen-bond donors (Lipinski definition) is 2. The fraction of sp³-hybridized carbons (Fsp3) is 0.158. The molecule has 0 aliphatic heterocycles. The van der Waals surface area contributed by atoms with Crippen LogP contribution in [0.2, 0.25) is 0 Å². The zero-order chi connectivity index (χ0) is 18.5. The first-order chi connectivity index (χ1) is 12.5. The topological polar surface area (TPSA) is 59.1 Å². The van der Waals surface area contributed by atoms with Crippen LogP contribution in [-0.2, 0) is 0 Å². The molecular weight excluding hydrogens is 338 g/mol. The fourth-order valence-electron chi connectivity index (χ4n) is 2.41. The lowest BCUT2D eigenvalue weighted by molar-refractivity contribution is 0.342. The summed E-state index contributed by atoms with van der Waals surface area (Å²) < 4.78 is 32.0. The lowest BCUT2D eigenvalue weighted by Crippen LogP contribution is -2.03. The fourth-order valence-corrected chi connectivity index (χ4v) is 2.41. The van der Waals surface area contributed by atoms with Gasteiger partial charge in [-0.3, -0.25) is 0 Å². The van der Waals surface area contributed by atoms with Crippen LogP contribution in [0.25, 0.3) is 0 Å². The van der Waals surface area contributed by atoms with Crippen molar-refractivity contribution in [3.8, 4) is 5.75 Å². The zero-order valence-corrected chi connectivity index (χ0v) is 14.4. The molecule has 3 aromatic rings. The Labute approximate surface area is 150 Å². The number of halogens is 2. The molecular formula is C19H18F2N4O. The molecule has 5 nitrogen and oxygen atoms in total. The molecule has 0 aliphatic carbocycles. The van der Waals surface area contributed by atoms with E-state index in [4.69, 9.17) is 4.74 Å². The third-order valence-electron chi connectivity index (χ3n) is 3.48. The van der Waals surface area contributed by atoms with Gasteiger partial charge < -0.3 is 15.4 Å². The molecule has 0 radical (unpaired) electrons. The Morgan fingerprint density at radius 3 is 2.38 bits per heavy atom. The Morgan fingerprint density at radius 1 is 0.923 bits per heavy atom. The van der Waals surface area contributed by atoms with Gasteiger partial charge in [-0.25, -0.2) is 18.7 Å². The first kappa shape index (κ1) is 17.6. The number of benzene rings is 2. The van der Waals surface area contributed by atoms with Crippen LogP contribution in [0.4, 0.5) is 31.8 Å². The Bertz CT molecular complexity index is 918. The molecule has 3 rings (SSSR count). The standard InChI is InChI=1S/C19H18F2N4O/c1-3-26-17-7-5-4-6-16(17)25-19-11-18(22-12(2)23-19)24-13-8-9-14(20)15(21)10-13/h4-11H,3H2,1-2H3,(H2,22,23,24,25). The summed E-state index contributed by atoms with van der Waals surface area (Å²) in [5.41, 5.74) is 1.16. The van der Waals surface area contributed by atoms with Crippen molar-refractivity contribution in [3.63, 3.8) is 0 Å². The van der Waals surface area contributed by atoms with E-state index in [0.29, 0.717) is 35.5 Å². The summed E-state index contributed by atoms with van der Waals surface area (Å²) in [6.45, 7) is 4.20. The Kier molecular flexibility index (Phi) is 5.26. The molecule has 0 aliphatic rings. The van der Waals surface area contributed by atoms with Crippen molar-refractivity contribution in [2.45, 2.75) is 13.8 Å². The van der Waals surface area contributed by atoms with E-state index in [2.05, 4.69) is 20.6 Å². The zero-order valence-electron chi connectivity index (χ0n) is 14.4. The summed E-state index contributed by atoms with van der Waals surface area (Å²) in [5.74, 6) is 0.416. The van der Waals surface area contributed by atoms with Gasteiger partial charge >= 0.3 is 0 Å². The quantitative estimate of drug-likeness (QED) is 0.654. The number of hydrogen-bond acceptors (Lipinski definition) is 5. The maximum absolute atomic E-state index is 13.4. The van der Waals surface area contributed by atoms with Crippen LogP contribution in [-0.4, -0.2) is 16.6 Å². The molecule has 1 aromatic heterocycles. The molecule has 0 saturated heterocycles. The Hall–Kier alpha value is -3.22. The van der Waals surface area contributed by atoms with Crippen LogP contribution in [0, 0.1) is 18.6 Å². The molecule has 0 spiro atoms. The van der Waals surface area contributed by atoms with E-state index in [1.807, 2.05) is 31.2 Å². The van der Waals surface area contributed by atoms with Crippen LogP contribution >= 0.6 is 0 Å². The van der Waals surface area contributed by atoms with Crippen molar-refractivity contribution in [2.75, 3.05) is 17.2 Å². The SMILES string of the molecule is CCOc1ccccc1Nc1cc(Nc2ccc(F)c(F)c2)nc(C)n1. The number of rotatable bonds is 6. The number of ether oxygens (including phenoxy) is 1. The summed E-state index contributed by atoms with van der Waals surface area (Å²) in [7, 11) is 0. The highest BCUT2D eigenvalue weighted by atomic mass is 19.2. The molecule has 0 amide bonds. The van der Waals surface area contributed by atoms with E-state index in [9.17, 15) is 8.78 Å². The predicted molar refractivity (Wildman–Crippen MR) is 97.3 cm³/mol. The highest BCUT2D eigenvalue weighted by Gasteiger charge is 2.08. The van der Waals surface area contributed by atoms with Gasteiger partial charge in [0.1, 0.15) is 23.2 Å². The first-order valence-electron chi connectivity index (χ1n) is 8.12. The lowest BCUT2D eigenvalue weighted by atomic mass is 10.3. The maximum Gasteiger partial charge on any atom is 0.160 e. The van der Waals surface area contributed by atoms with Gasteiger partial charge in [-0.2, -0.15) is 0 Å². The van der Waals surface area contributed by atoms with Crippen molar-refractivity contribution in [1.82, 2.24) is 9.97 Å². The summed E-state index contributed by atoms with van der Waals surface area (Å²) in [4.78, 5) is 8.62. The first-order valence-corrected chi connectivity index (χ1v) is 8.12. The second kappa shape index (κ2) is 7.77.